The molecule has 2 rings (SSSR count). The van der Waals surface area contributed by atoms with Crippen molar-refractivity contribution in [1.82, 2.24) is 10.2 Å². The van der Waals surface area contributed by atoms with E-state index in [1.54, 1.807) is 4.90 Å². The summed E-state index contributed by atoms with van der Waals surface area (Å²) in [6, 6.07) is 3.97. The van der Waals surface area contributed by atoms with Crippen LogP contribution in [0.4, 0.5) is 8.78 Å². The van der Waals surface area contributed by atoms with Gasteiger partial charge in [0.25, 0.3) is 5.91 Å². The number of nitrogens with one attached hydrogen (secondary N) is 1. The highest BCUT2D eigenvalue weighted by Gasteiger charge is 2.27. The topological polar surface area (TPSA) is 32.3 Å². The zero-order chi connectivity index (χ0) is 13.3. The number of carbonyl (C=O) groups is 1. The lowest BCUT2D eigenvalue weighted by Crippen LogP contribution is -2.55. The lowest BCUT2D eigenvalue weighted by atomic mass is 10.1. The molecule has 98 valence electrons. The van der Waals surface area contributed by atoms with Crippen LogP contribution in [0.2, 0.25) is 0 Å². The molecular formula is C13H16F2N2O. The summed E-state index contributed by atoms with van der Waals surface area (Å²) in [6.45, 7) is 4.91. The van der Waals surface area contributed by atoms with Crippen LogP contribution in [0.3, 0.4) is 0 Å². The molecule has 0 aliphatic carbocycles. The van der Waals surface area contributed by atoms with Crippen molar-refractivity contribution in [1.29, 1.82) is 0 Å². The van der Waals surface area contributed by atoms with Gasteiger partial charge in [-0.2, -0.15) is 0 Å². The van der Waals surface area contributed by atoms with Crippen molar-refractivity contribution in [3.63, 3.8) is 0 Å². The molecule has 0 aromatic heterocycles. The van der Waals surface area contributed by atoms with Gasteiger partial charge in [-0.3, -0.25) is 4.79 Å². The zero-order valence-corrected chi connectivity index (χ0v) is 10.4. The molecular weight excluding hydrogens is 238 g/mol. The highest BCUT2D eigenvalue weighted by Crippen LogP contribution is 2.15. The average molecular weight is 254 g/mol. The summed E-state index contributed by atoms with van der Waals surface area (Å²) in [6.07, 6.45) is 0. The molecule has 1 fully saturated rings. The second kappa shape index (κ2) is 5.02. The van der Waals surface area contributed by atoms with E-state index in [1.807, 2.05) is 13.8 Å². The van der Waals surface area contributed by atoms with Gasteiger partial charge >= 0.3 is 0 Å². The van der Waals surface area contributed by atoms with Crippen molar-refractivity contribution in [2.75, 3.05) is 13.1 Å². The maximum absolute atomic E-state index is 13.6. The van der Waals surface area contributed by atoms with E-state index in [0.29, 0.717) is 13.1 Å². The van der Waals surface area contributed by atoms with Gasteiger partial charge in [0.2, 0.25) is 0 Å². The Morgan fingerprint density at radius 3 is 2.50 bits per heavy atom. The second-order valence-electron chi connectivity index (χ2n) is 4.78. The van der Waals surface area contributed by atoms with Crippen LogP contribution in [-0.2, 0) is 0 Å². The predicted octanol–water partition coefficient (Wildman–Crippen LogP) is 1.79. The first kappa shape index (κ1) is 13.0. The predicted molar refractivity (Wildman–Crippen MR) is 64.3 cm³/mol. The lowest BCUT2D eigenvalue weighted by Gasteiger charge is -2.36. The van der Waals surface area contributed by atoms with Crippen LogP contribution >= 0.6 is 0 Å². The van der Waals surface area contributed by atoms with Crippen molar-refractivity contribution in [2.24, 2.45) is 0 Å². The number of amides is 1. The number of carbonyl (C=O) groups excluding carboxylic acids is 1. The Morgan fingerprint density at radius 2 is 1.89 bits per heavy atom. The van der Waals surface area contributed by atoms with Crippen LogP contribution in [0.5, 0.6) is 0 Å². The molecule has 1 aliphatic heterocycles. The second-order valence-corrected chi connectivity index (χ2v) is 4.78. The lowest BCUT2D eigenvalue weighted by molar-refractivity contribution is 0.0668. The van der Waals surface area contributed by atoms with Gasteiger partial charge < -0.3 is 10.2 Å². The molecule has 0 spiro atoms. The molecule has 0 saturated carbocycles. The molecule has 0 unspecified atom stereocenters. The summed E-state index contributed by atoms with van der Waals surface area (Å²) in [5.74, 6) is -2.51. The first-order valence-electron chi connectivity index (χ1n) is 5.98. The molecule has 1 saturated heterocycles. The van der Waals surface area contributed by atoms with Crippen molar-refractivity contribution >= 4 is 5.91 Å². The maximum atomic E-state index is 13.6. The smallest absolute Gasteiger partial charge is 0.257 e. The molecule has 0 bridgehead atoms. The fourth-order valence-corrected chi connectivity index (χ4v) is 2.33. The fraction of sp³-hybridized carbons (Fsp3) is 0.462. The van der Waals surface area contributed by atoms with E-state index in [0.717, 1.165) is 6.07 Å². The molecule has 1 aromatic carbocycles. The van der Waals surface area contributed by atoms with E-state index < -0.39 is 17.5 Å². The van der Waals surface area contributed by atoms with Gasteiger partial charge in [-0.05, 0) is 26.0 Å². The summed E-state index contributed by atoms with van der Waals surface area (Å²) >= 11 is 0. The third-order valence-electron chi connectivity index (χ3n) is 3.03. The minimum absolute atomic E-state index is 0.148. The highest BCUT2D eigenvalue weighted by atomic mass is 19.2. The Morgan fingerprint density at radius 1 is 1.28 bits per heavy atom. The highest BCUT2D eigenvalue weighted by molar-refractivity contribution is 5.94. The van der Waals surface area contributed by atoms with Gasteiger partial charge in [-0.15, -0.1) is 0 Å². The molecule has 3 nitrogen and oxygen atoms in total. The molecule has 1 heterocycles. The first-order valence-corrected chi connectivity index (χ1v) is 5.98. The van der Waals surface area contributed by atoms with E-state index in [2.05, 4.69) is 5.32 Å². The van der Waals surface area contributed by atoms with Gasteiger partial charge in [0.05, 0.1) is 5.56 Å². The van der Waals surface area contributed by atoms with E-state index in [4.69, 9.17) is 0 Å². The SMILES string of the molecule is C[C@H]1CN(C(=O)c2cccc(F)c2F)C[C@H](C)N1. The van der Waals surface area contributed by atoms with Gasteiger partial charge in [0.15, 0.2) is 11.6 Å². The Bertz CT molecular complexity index is 454. The van der Waals surface area contributed by atoms with Crippen LogP contribution in [0, 0.1) is 11.6 Å². The van der Waals surface area contributed by atoms with Crippen LogP contribution in [0.15, 0.2) is 18.2 Å². The number of halogens is 2. The summed E-state index contributed by atoms with van der Waals surface area (Å²) in [7, 11) is 0. The fourth-order valence-electron chi connectivity index (χ4n) is 2.33. The van der Waals surface area contributed by atoms with Gasteiger partial charge in [-0.25, -0.2) is 8.78 Å². The Kier molecular flexibility index (Phi) is 3.61. The summed E-state index contributed by atoms with van der Waals surface area (Å²) < 4.78 is 26.7. The molecule has 1 N–H and O–H groups in total. The third-order valence-corrected chi connectivity index (χ3v) is 3.03. The molecule has 1 aliphatic rings. The van der Waals surface area contributed by atoms with Crippen LogP contribution in [-0.4, -0.2) is 36.0 Å². The van der Waals surface area contributed by atoms with E-state index in [1.165, 1.54) is 12.1 Å². The minimum Gasteiger partial charge on any atom is -0.335 e. The van der Waals surface area contributed by atoms with Crippen molar-refractivity contribution in [3.05, 3.63) is 35.4 Å². The summed E-state index contributed by atoms with van der Waals surface area (Å²) in [5, 5.41) is 3.28. The minimum atomic E-state index is -1.07. The molecule has 0 radical (unpaired) electrons. The summed E-state index contributed by atoms with van der Waals surface area (Å²) in [5.41, 5.74) is -0.198. The molecule has 5 heteroatoms. The number of rotatable bonds is 1. The Hall–Kier alpha value is -1.49. The molecule has 18 heavy (non-hydrogen) atoms. The largest absolute Gasteiger partial charge is 0.335 e. The van der Waals surface area contributed by atoms with Crippen LogP contribution in [0.1, 0.15) is 24.2 Å². The van der Waals surface area contributed by atoms with E-state index in [-0.39, 0.29) is 17.6 Å². The van der Waals surface area contributed by atoms with Crippen LogP contribution in [0.25, 0.3) is 0 Å². The van der Waals surface area contributed by atoms with Crippen molar-refractivity contribution in [3.8, 4) is 0 Å². The van der Waals surface area contributed by atoms with Gasteiger partial charge in [0, 0.05) is 25.2 Å². The van der Waals surface area contributed by atoms with Crippen LogP contribution < -0.4 is 5.32 Å². The Labute approximate surface area is 105 Å². The normalized spacial score (nSPS) is 24.1. The monoisotopic (exact) mass is 254 g/mol. The third kappa shape index (κ3) is 2.51. The number of nitrogens with zero attached hydrogens (tertiary/aromatic N) is 1. The van der Waals surface area contributed by atoms with Crippen molar-refractivity contribution in [2.45, 2.75) is 25.9 Å². The van der Waals surface area contributed by atoms with Crippen molar-refractivity contribution < 1.29 is 13.6 Å². The van der Waals surface area contributed by atoms with E-state index >= 15 is 0 Å². The molecule has 1 amide bonds. The maximum Gasteiger partial charge on any atom is 0.257 e. The first-order chi connectivity index (χ1) is 8.49. The zero-order valence-electron chi connectivity index (χ0n) is 10.4. The molecule has 1 aromatic rings. The number of piperazine rings is 1. The quantitative estimate of drug-likeness (QED) is 0.828. The number of hydrogen-bond donors (Lipinski definition) is 1. The Balaban J connectivity index is 2.23. The number of hydrogen-bond acceptors (Lipinski definition) is 2. The number of benzene rings is 1. The van der Waals surface area contributed by atoms with E-state index in [9.17, 15) is 13.6 Å². The average Bonchev–Trinajstić information content (AvgIpc) is 2.30. The van der Waals surface area contributed by atoms with Gasteiger partial charge in [0.1, 0.15) is 0 Å². The standard InChI is InChI=1S/C13H16F2N2O/c1-8-6-17(7-9(2)16-8)13(18)10-4-3-5-11(14)12(10)15/h3-5,8-9,16H,6-7H2,1-2H3/t8-,9-/m0/s1. The summed E-state index contributed by atoms with van der Waals surface area (Å²) in [4.78, 5) is 13.7. The molecule has 2 atom stereocenters. The van der Waals surface area contributed by atoms with Gasteiger partial charge in [-0.1, -0.05) is 6.07 Å².